The highest BCUT2D eigenvalue weighted by Crippen LogP contribution is 2.08. The zero-order valence-electron chi connectivity index (χ0n) is 11.9. The van der Waals surface area contributed by atoms with Crippen LogP contribution in [0.2, 0.25) is 0 Å². The number of nitrogens with zero attached hydrogens (tertiary/aromatic N) is 1. The Kier molecular flexibility index (Phi) is 11.0. The third kappa shape index (κ3) is 11.4. The van der Waals surface area contributed by atoms with Gasteiger partial charge in [-0.2, -0.15) is 0 Å². The molecule has 0 radical (unpaired) electrons. The predicted molar refractivity (Wildman–Crippen MR) is 78.9 cm³/mol. The quantitative estimate of drug-likeness (QED) is 0.369. The molecule has 0 fully saturated rings. The van der Waals surface area contributed by atoms with Crippen molar-refractivity contribution in [3.8, 4) is 0 Å². The van der Waals surface area contributed by atoms with E-state index in [1.54, 1.807) is 7.05 Å². The maximum atomic E-state index is 3.93. The van der Waals surface area contributed by atoms with E-state index in [1.165, 1.54) is 24.8 Å². The van der Waals surface area contributed by atoms with Gasteiger partial charge in [0.25, 0.3) is 0 Å². The number of rotatable bonds is 9. The molecule has 0 aromatic heterocycles. The molecule has 0 aromatic carbocycles. The number of nitrogens with one attached hydrogen (secondary N) is 1. The molecule has 1 atom stereocenters. The van der Waals surface area contributed by atoms with Crippen LogP contribution in [0.25, 0.3) is 0 Å². The minimum Gasteiger partial charge on any atom is -0.313 e. The van der Waals surface area contributed by atoms with Gasteiger partial charge in [0.05, 0.1) is 0 Å². The lowest BCUT2D eigenvalue weighted by Crippen LogP contribution is -2.17. The van der Waals surface area contributed by atoms with Gasteiger partial charge in [0.1, 0.15) is 0 Å². The topological polar surface area (TPSA) is 24.4 Å². The molecular formula is C15H28N2. The van der Waals surface area contributed by atoms with E-state index in [1.807, 2.05) is 6.21 Å². The summed E-state index contributed by atoms with van der Waals surface area (Å²) in [4.78, 5) is 3.93. The summed E-state index contributed by atoms with van der Waals surface area (Å²) < 4.78 is 0. The molecule has 0 aliphatic carbocycles. The lowest BCUT2D eigenvalue weighted by molar-refractivity contribution is 0.560. The first-order chi connectivity index (χ1) is 8.20. The first-order valence-corrected chi connectivity index (χ1v) is 6.62. The fraction of sp³-hybridized carbons (Fsp3) is 0.667. The van der Waals surface area contributed by atoms with E-state index < -0.39 is 0 Å². The molecule has 0 aromatic rings. The molecule has 98 valence electrons. The fourth-order valence-corrected chi connectivity index (χ4v) is 1.69. The van der Waals surface area contributed by atoms with Gasteiger partial charge in [0.2, 0.25) is 0 Å². The summed E-state index contributed by atoms with van der Waals surface area (Å²) in [6.07, 6.45) is 12.2. The van der Waals surface area contributed by atoms with Crippen LogP contribution in [0.5, 0.6) is 0 Å². The van der Waals surface area contributed by atoms with Gasteiger partial charge in [-0.3, -0.25) is 4.99 Å². The van der Waals surface area contributed by atoms with Crippen LogP contribution in [-0.4, -0.2) is 26.4 Å². The Labute approximate surface area is 107 Å². The second-order valence-electron chi connectivity index (χ2n) is 4.60. The minimum absolute atomic E-state index is 0.724. The van der Waals surface area contributed by atoms with Crippen LogP contribution in [-0.2, 0) is 0 Å². The summed E-state index contributed by atoms with van der Waals surface area (Å²) in [7, 11) is 1.79. The summed E-state index contributed by atoms with van der Waals surface area (Å²) >= 11 is 0. The Hall–Kier alpha value is -0.890. The van der Waals surface area contributed by atoms with Crippen molar-refractivity contribution in [2.45, 2.75) is 40.0 Å². The van der Waals surface area contributed by atoms with Crippen LogP contribution in [0.15, 0.2) is 28.8 Å². The molecule has 0 aliphatic heterocycles. The van der Waals surface area contributed by atoms with Crippen LogP contribution in [0.3, 0.4) is 0 Å². The Morgan fingerprint density at radius 2 is 2.12 bits per heavy atom. The molecule has 0 spiro atoms. The summed E-state index contributed by atoms with van der Waals surface area (Å²) in [5.74, 6) is 0.724. The Bertz CT molecular complexity index is 252. The fourth-order valence-electron chi connectivity index (χ4n) is 1.69. The monoisotopic (exact) mass is 236 g/mol. The molecule has 0 saturated heterocycles. The first-order valence-electron chi connectivity index (χ1n) is 6.62. The van der Waals surface area contributed by atoms with E-state index in [0.717, 1.165) is 19.0 Å². The van der Waals surface area contributed by atoms with Gasteiger partial charge in [-0.25, -0.2) is 0 Å². The normalized spacial score (nSPS) is 14.9. The standard InChI is InChI=1S/C15H28N2/c1-5-8-14(2)9-6-7-11-17-13-15(3)10-12-16-4/h5,8,10,12,14,17H,6-7,9,11,13H2,1-4H3/b8-5-,15-10+,16-12?. The second-order valence-corrected chi connectivity index (χ2v) is 4.60. The van der Waals surface area contributed by atoms with Crippen molar-refractivity contribution < 1.29 is 0 Å². The highest BCUT2D eigenvalue weighted by atomic mass is 14.8. The van der Waals surface area contributed by atoms with E-state index in [4.69, 9.17) is 0 Å². The number of aliphatic imine (C=N–C) groups is 1. The van der Waals surface area contributed by atoms with Crippen LogP contribution in [0.1, 0.15) is 40.0 Å². The SMILES string of the molecule is C/C=C\C(C)CCCCNC/C(C)=C/C=NC. The van der Waals surface area contributed by atoms with Crippen LogP contribution in [0.4, 0.5) is 0 Å². The van der Waals surface area contributed by atoms with Gasteiger partial charge in [-0.05, 0) is 45.2 Å². The van der Waals surface area contributed by atoms with Crippen molar-refractivity contribution in [1.82, 2.24) is 5.32 Å². The molecule has 17 heavy (non-hydrogen) atoms. The van der Waals surface area contributed by atoms with Crippen molar-refractivity contribution in [2.24, 2.45) is 10.9 Å². The number of hydrogen-bond donors (Lipinski definition) is 1. The van der Waals surface area contributed by atoms with E-state index in [-0.39, 0.29) is 0 Å². The third-order valence-corrected chi connectivity index (χ3v) is 2.70. The summed E-state index contributed by atoms with van der Waals surface area (Å²) in [5, 5.41) is 3.45. The molecule has 0 saturated carbocycles. The summed E-state index contributed by atoms with van der Waals surface area (Å²) in [6.45, 7) is 8.58. The lowest BCUT2D eigenvalue weighted by atomic mass is 10.0. The van der Waals surface area contributed by atoms with E-state index >= 15 is 0 Å². The van der Waals surface area contributed by atoms with Gasteiger partial charge < -0.3 is 5.32 Å². The Balaban J connectivity index is 3.41. The molecule has 1 unspecified atom stereocenters. The molecule has 2 nitrogen and oxygen atoms in total. The molecule has 1 N–H and O–H groups in total. The van der Waals surface area contributed by atoms with Crippen LogP contribution >= 0.6 is 0 Å². The van der Waals surface area contributed by atoms with Gasteiger partial charge in [-0.1, -0.05) is 31.1 Å². The van der Waals surface area contributed by atoms with Crippen molar-refractivity contribution in [3.05, 3.63) is 23.8 Å². The maximum absolute atomic E-state index is 3.93. The largest absolute Gasteiger partial charge is 0.313 e. The number of allylic oxidation sites excluding steroid dienone is 3. The molecule has 0 rings (SSSR count). The van der Waals surface area contributed by atoms with E-state index in [9.17, 15) is 0 Å². The average molecular weight is 236 g/mol. The van der Waals surface area contributed by atoms with Crippen molar-refractivity contribution >= 4 is 6.21 Å². The molecule has 0 amide bonds. The summed E-state index contributed by atoms with van der Waals surface area (Å²) in [6, 6.07) is 0. The molecule has 0 aliphatic rings. The van der Waals surface area contributed by atoms with Crippen molar-refractivity contribution in [1.29, 1.82) is 0 Å². The third-order valence-electron chi connectivity index (χ3n) is 2.70. The molecule has 0 heterocycles. The lowest BCUT2D eigenvalue weighted by Gasteiger charge is -2.07. The van der Waals surface area contributed by atoms with Gasteiger partial charge in [0, 0.05) is 19.8 Å². The number of unbranched alkanes of at least 4 members (excludes halogenated alkanes) is 1. The Morgan fingerprint density at radius 1 is 1.35 bits per heavy atom. The van der Waals surface area contributed by atoms with Crippen LogP contribution < -0.4 is 5.32 Å². The van der Waals surface area contributed by atoms with Crippen LogP contribution in [0, 0.1) is 5.92 Å². The smallest absolute Gasteiger partial charge is 0.0277 e. The van der Waals surface area contributed by atoms with Crippen molar-refractivity contribution in [3.63, 3.8) is 0 Å². The van der Waals surface area contributed by atoms with Gasteiger partial charge in [-0.15, -0.1) is 0 Å². The highest BCUT2D eigenvalue weighted by molar-refractivity contribution is 5.71. The van der Waals surface area contributed by atoms with Gasteiger partial charge in [0.15, 0.2) is 0 Å². The highest BCUT2D eigenvalue weighted by Gasteiger charge is 1.96. The summed E-state index contributed by atoms with van der Waals surface area (Å²) in [5.41, 5.74) is 1.33. The number of hydrogen-bond acceptors (Lipinski definition) is 2. The average Bonchev–Trinajstić information content (AvgIpc) is 2.31. The predicted octanol–water partition coefficient (Wildman–Crippen LogP) is 3.61. The second kappa shape index (κ2) is 11.6. The van der Waals surface area contributed by atoms with E-state index in [0.29, 0.717) is 0 Å². The van der Waals surface area contributed by atoms with Gasteiger partial charge >= 0.3 is 0 Å². The zero-order chi connectivity index (χ0) is 12.9. The van der Waals surface area contributed by atoms with Crippen molar-refractivity contribution in [2.75, 3.05) is 20.1 Å². The minimum atomic E-state index is 0.724. The molecule has 0 bridgehead atoms. The Morgan fingerprint density at radius 3 is 2.76 bits per heavy atom. The maximum Gasteiger partial charge on any atom is 0.0277 e. The molecular weight excluding hydrogens is 208 g/mol. The van der Waals surface area contributed by atoms with E-state index in [2.05, 4.69) is 49.3 Å². The molecule has 2 heteroatoms. The first kappa shape index (κ1) is 16.1. The zero-order valence-corrected chi connectivity index (χ0v) is 11.9.